The van der Waals surface area contributed by atoms with E-state index in [9.17, 15) is 0 Å². The van der Waals surface area contributed by atoms with Gasteiger partial charge in [-0.2, -0.15) is 0 Å². The Bertz CT molecular complexity index is 6200. The molecular weight excluding hydrogens is 1430 g/mol. The predicted octanol–water partition coefficient (Wildman–Crippen LogP) is 29.3. The second-order valence-electron chi connectivity index (χ2n) is 30.3. The third-order valence-corrected chi connectivity index (χ3v) is 22.8. The van der Waals surface area contributed by atoms with E-state index in [2.05, 4.69) is 380 Å². The van der Waals surface area contributed by atoms with E-state index in [0.717, 1.165) is 223 Å². The van der Waals surface area contributed by atoms with E-state index in [-0.39, 0.29) is 0 Å². The molecule has 6 aromatic heterocycles. The fourth-order valence-electron chi connectivity index (χ4n) is 16.7. The number of aryl methyl sites for hydroxylation is 4. The lowest BCUT2D eigenvalue weighted by Crippen LogP contribution is -1.95. The summed E-state index contributed by atoms with van der Waals surface area (Å²) in [6, 6.07) is 134. The van der Waals surface area contributed by atoms with E-state index in [0.29, 0.717) is 0 Å². The molecule has 6 heteroatoms. The number of benzene rings is 13. The number of pyridine rings is 6. The number of rotatable bonds is 18. The van der Waals surface area contributed by atoms with Crippen molar-refractivity contribution in [3.8, 4) is 201 Å². The summed E-state index contributed by atoms with van der Waals surface area (Å²) in [4.78, 5) is 30.7. The van der Waals surface area contributed by atoms with Gasteiger partial charge in [-0.15, -0.1) is 0 Å². The van der Waals surface area contributed by atoms with Gasteiger partial charge in [-0.05, 0) is 223 Å². The first-order chi connectivity index (χ1) is 58.1. The smallest absolute Gasteiger partial charge is 0.0705 e. The normalized spacial score (nSPS) is 11.2. The highest BCUT2D eigenvalue weighted by Crippen LogP contribution is 2.47. The zero-order valence-electron chi connectivity index (χ0n) is 65.9. The zero-order chi connectivity index (χ0) is 79.4. The molecule has 0 radical (unpaired) electrons. The van der Waals surface area contributed by atoms with Crippen LogP contribution in [0.4, 0.5) is 0 Å². The van der Waals surface area contributed by atoms with Gasteiger partial charge in [0.2, 0.25) is 0 Å². The molecule has 0 unspecified atom stereocenters. The highest BCUT2D eigenvalue weighted by molar-refractivity contribution is 5.98. The number of nitrogens with zero attached hydrogens (tertiary/aromatic N) is 6. The number of hydrogen-bond donors (Lipinski definition) is 0. The van der Waals surface area contributed by atoms with Crippen LogP contribution in [0.15, 0.2) is 413 Å². The molecule has 19 aromatic rings. The summed E-state index contributed by atoms with van der Waals surface area (Å²) in [5.74, 6) is 0. The van der Waals surface area contributed by atoms with Gasteiger partial charge in [-0.1, -0.05) is 303 Å². The van der Waals surface area contributed by atoms with Gasteiger partial charge in [0.05, 0.1) is 34.2 Å². The van der Waals surface area contributed by atoms with Crippen molar-refractivity contribution in [2.75, 3.05) is 0 Å². The lowest BCUT2D eigenvalue weighted by molar-refractivity contribution is 1.28. The molecule has 0 aliphatic heterocycles. The van der Waals surface area contributed by atoms with Gasteiger partial charge in [0.25, 0.3) is 0 Å². The van der Waals surface area contributed by atoms with E-state index in [1.54, 1.807) is 0 Å². The zero-order valence-corrected chi connectivity index (χ0v) is 65.9. The minimum Gasteiger partial charge on any atom is -0.256 e. The van der Waals surface area contributed by atoms with Gasteiger partial charge >= 0.3 is 0 Å². The third kappa shape index (κ3) is 14.7. The van der Waals surface area contributed by atoms with Crippen molar-refractivity contribution >= 4 is 0 Å². The molecule has 0 atom stereocenters. The molecule has 0 amide bonds. The standard InChI is InChI=1S/C112H80N6/c1-73-57-109(77-29-9-5-10-30-77)115-69-103(73)99-45-25-21-41-95(99)87-61-85(62-88(65-87)96-42-22-26-46-100(96)104-70-116-110(58-74(104)2)78-31-11-6-12-32-78)93-39-19-17-37-91(93)83-53-55-107(113-67-83)81-49-51-82(52-50-81)108-56-54-84(68-114-108)92-38-18-20-40-94(92)86-63-89(97-43-23-27-47-101(97)105-71-117-111(59-75(105)3)79-33-13-7-14-34-79)66-90(64-86)98-44-24-28-48-102(98)106-72-118-112(60-76(106)4)80-35-15-8-16-36-80/h5-72H,1-4H3. The average Bonchev–Trinajstić information content (AvgIpc) is 0.765. The van der Waals surface area contributed by atoms with Crippen LogP contribution >= 0.6 is 0 Å². The monoisotopic (exact) mass is 1510 g/mol. The van der Waals surface area contributed by atoms with Crippen molar-refractivity contribution in [1.29, 1.82) is 0 Å². The summed E-state index contributed by atoms with van der Waals surface area (Å²) in [7, 11) is 0. The second-order valence-corrected chi connectivity index (χ2v) is 30.3. The minimum atomic E-state index is 0.877. The largest absolute Gasteiger partial charge is 0.256 e. The lowest BCUT2D eigenvalue weighted by atomic mass is 9.86. The van der Waals surface area contributed by atoms with Crippen molar-refractivity contribution in [2.45, 2.75) is 27.7 Å². The summed E-state index contributed by atoms with van der Waals surface area (Å²) in [6.45, 7) is 8.76. The quantitative estimate of drug-likeness (QED) is 0.0852. The fraction of sp³-hybridized carbons (Fsp3) is 0.0357. The van der Waals surface area contributed by atoms with Crippen LogP contribution in [0.5, 0.6) is 0 Å². The van der Waals surface area contributed by atoms with Gasteiger partial charge in [0.1, 0.15) is 0 Å². The maximum Gasteiger partial charge on any atom is 0.0705 e. The van der Waals surface area contributed by atoms with Crippen molar-refractivity contribution in [1.82, 2.24) is 29.9 Å². The Balaban J connectivity index is 0.637. The molecule has 0 spiro atoms. The maximum absolute atomic E-state index is 5.21. The van der Waals surface area contributed by atoms with E-state index in [1.807, 2.05) is 61.4 Å². The summed E-state index contributed by atoms with van der Waals surface area (Å²) in [6.07, 6.45) is 12.2. The Hall–Kier alpha value is -15.2. The topological polar surface area (TPSA) is 77.3 Å². The highest BCUT2D eigenvalue weighted by atomic mass is 14.7. The van der Waals surface area contributed by atoms with Crippen LogP contribution < -0.4 is 0 Å². The van der Waals surface area contributed by atoms with Crippen LogP contribution in [0, 0.1) is 27.7 Å². The fourth-order valence-corrected chi connectivity index (χ4v) is 16.7. The Morgan fingerprint density at radius 1 is 0.119 bits per heavy atom. The molecule has 0 N–H and O–H groups in total. The Labute approximate surface area is 689 Å². The molecule has 6 nitrogen and oxygen atoms in total. The number of aromatic nitrogens is 6. The Morgan fingerprint density at radius 3 is 0.492 bits per heavy atom. The molecule has 0 saturated carbocycles. The molecule has 118 heavy (non-hydrogen) atoms. The Morgan fingerprint density at radius 2 is 0.288 bits per heavy atom. The molecule has 0 saturated heterocycles. The molecular formula is C112H80N6. The number of hydrogen-bond acceptors (Lipinski definition) is 6. The molecule has 13 aromatic carbocycles. The van der Waals surface area contributed by atoms with E-state index >= 15 is 0 Å². The first kappa shape index (κ1) is 73.0. The van der Waals surface area contributed by atoms with Crippen molar-refractivity contribution in [2.24, 2.45) is 0 Å². The van der Waals surface area contributed by atoms with Crippen molar-refractivity contribution in [3.63, 3.8) is 0 Å². The summed E-state index contributed by atoms with van der Waals surface area (Å²) in [5.41, 5.74) is 42.7. The second kappa shape index (κ2) is 32.3. The predicted molar refractivity (Wildman–Crippen MR) is 490 cm³/mol. The summed E-state index contributed by atoms with van der Waals surface area (Å²) in [5, 5.41) is 0. The maximum atomic E-state index is 5.21. The summed E-state index contributed by atoms with van der Waals surface area (Å²) >= 11 is 0. The van der Waals surface area contributed by atoms with Crippen LogP contribution in [0.2, 0.25) is 0 Å². The molecule has 6 heterocycles. The summed E-state index contributed by atoms with van der Waals surface area (Å²) < 4.78 is 0. The van der Waals surface area contributed by atoms with Crippen LogP contribution in [-0.4, -0.2) is 29.9 Å². The van der Waals surface area contributed by atoms with Gasteiger partial charge < -0.3 is 0 Å². The molecule has 0 fully saturated rings. The minimum absolute atomic E-state index is 0.877. The molecule has 558 valence electrons. The van der Waals surface area contributed by atoms with Crippen LogP contribution in [0.1, 0.15) is 22.3 Å². The van der Waals surface area contributed by atoms with Gasteiger partial charge in [0.15, 0.2) is 0 Å². The van der Waals surface area contributed by atoms with E-state index < -0.39 is 0 Å². The van der Waals surface area contributed by atoms with Crippen molar-refractivity contribution < 1.29 is 0 Å². The van der Waals surface area contributed by atoms with Gasteiger partial charge in [-0.3, -0.25) is 29.9 Å². The molecule has 0 aliphatic carbocycles. The Kier molecular flexibility index (Phi) is 20.0. The average molecular weight is 1510 g/mol. The molecule has 0 aliphatic rings. The molecule has 19 rings (SSSR count). The first-order valence-electron chi connectivity index (χ1n) is 40.1. The van der Waals surface area contributed by atoms with Gasteiger partial charge in [-0.25, -0.2) is 0 Å². The first-order valence-corrected chi connectivity index (χ1v) is 40.1. The molecule has 0 bridgehead atoms. The van der Waals surface area contributed by atoms with Crippen LogP contribution in [-0.2, 0) is 0 Å². The SMILES string of the molecule is Cc1cc(-c2ccccc2)ncc1-c1ccccc1-c1cc(-c2ccccc2-c2ccc(-c3ccc(-c4ccc(-c5ccccc5-c5cc(-c6ccccc6-c6cnc(-c7ccccc7)cc6C)cc(-c6ccccc6-c6cnc(-c7ccccc7)cc6C)c5)cn4)cc3)nc2)cc(-c2ccccc2-c2cnc(-c3ccccc3)cc2C)c1. The highest BCUT2D eigenvalue weighted by Gasteiger charge is 2.23. The van der Waals surface area contributed by atoms with E-state index in [4.69, 9.17) is 29.9 Å². The third-order valence-electron chi connectivity index (χ3n) is 22.8. The van der Waals surface area contributed by atoms with E-state index in [1.165, 1.54) is 0 Å². The van der Waals surface area contributed by atoms with Crippen molar-refractivity contribution in [3.05, 3.63) is 436 Å². The van der Waals surface area contributed by atoms with Gasteiger partial charge in [0, 0.05) is 104 Å². The van der Waals surface area contributed by atoms with Crippen LogP contribution in [0.3, 0.4) is 0 Å². The van der Waals surface area contributed by atoms with Crippen LogP contribution in [0.25, 0.3) is 201 Å². The lowest BCUT2D eigenvalue weighted by Gasteiger charge is -2.19.